The summed E-state index contributed by atoms with van der Waals surface area (Å²) in [4.78, 5) is 23.5. The van der Waals surface area contributed by atoms with Gasteiger partial charge in [-0.25, -0.2) is 9.18 Å². The fourth-order valence-corrected chi connectivity index (χ4v) is 1.49. The summed E-state index contributed by atoms with van der Waals surface area (Å²) in [6.45, 7) is 4.33. The molecule has 1 unspecified atom stereocenters. The fraction of sp³-hybridized carbons (Fsp3) is 0.429. The van der Waals surface area contributed by atoms with Crippen molar-refractivity contribution in [3.05, 3.63) is 29.8 Å². The maximum Gasteiger partial charge on any atom is 0.341 e. The van der Waals surface area contributed by atoms with Crippen LogP contribution in [-0.2, 0) is 9.53 Å². The summed E-state index contributed by atoms with van der Waals surface area (Å²) in [5, 5.41) is 9.15. The predicted molar refractivity (Wildman–Crippen MR) is 67.8 cm³/mol. The largest absolute Gasteiger partial charge is 0.508 e. The summed E-state index contributed by atoms with van der Waals surface area (Å²) < 4.78 is 18.1. The van der Waals surface area contributed by atoms with Crippen molar-refractivity contribution >= 4 is 11.8 Å². The molecule has 0 aliphatic heterocycles. The summed E-state index contributed by atoms with van der Waals surface area (Å²) in [7, 11) is 0. The summed E-state index contributed by atoms with van der Waals surface area (Å²) in [6, 6.07) is 5.55. The van der Waals surface area contributed by atoms with Gasteiger partial charge in [0.2, 0.25) is 5.78 Å². The SMILES string of the molecule is CCC(F)C(=O)OC(C)(C)C(=O)c1ccc(O)cc1. The zero-order chi connectivity index (χ0) is 14.6. The molecule has 0 amide bonds. The molecule has 0 fully saturated rings. The highest BCUT2D eigenvalue weighted by atomic mass is 19.1. The maximum atomic E-state index is 13.2. The Hall–Kier alpha value is -1.91. The second-order valence-electron chi connectivity index (χ2n) is 4.68. The van der Waals surface area contributed by atoms with Gasteiger partial charge in [-0.05, 0) is 44.5 Å². The molecule has 0 aromatic heterocycles. The number of alkyl halides is 1. The van der Waals surface area contributed by atoms with E-state index in [9.17, 15) is 14.0 Å². The number of aromatic hydroxyl groups is 1. The average Bonchev–Trinajstić information content (AvgIpc) is 2.37. The zero-order valence-electron chi connectivity index (χ0n) is 11.1. The van der Waals surface area contributed by atoms with Crippen molar-refractivity contribution in [3.8, 4) is 5.75 Å². The molecule has 0 radical (unpaired) electrons. The number of carbonyl (C=O) groups is 2. The first-order valence-electron chi connectivity index (χ1n) is 5.98. The molecule has 0 spiro atoms. The molecule has 0 saturated carbocycles. The molecule has 0 aliphatic carbocycles. The lowest BCUT2D eigenvalue weighted by Crippen LogP contribution is -2.39. The lowest BCUT2D eigenvalue weighted by atomic mass is 9.96. The first-order chi connectivity index (χ1) is 8.77. The van der Waals surface area contributed by atoms with Gasteiger partial charge in [0.05, 0.1) is 0 Å². The lowest BCUT2D eigenvalue weighted by molar-refractivity contribution is -0.158. The van der Waals surface area contributed by atoms with Crippen LogP contribution in [0.2, 0.25) is 0 Å². The van der Waals surface area contributed by atoms with E-state index in [0.717, 1.165) is 0 Å². The molecular weight excluding hydrogens is 251 g/mol. The number of phenols is 1. The highest BCUT2D eigenvalue weighted by Crippen LogP contribution is 2.20. The zero-order valence-corrected chi connectivity index (χ0v) is 11.1. The molecule has 19 heavy (non-hydrogen) atoms. The van der Waals surface area contributed by atoms with Crippen LogP contribution >= 0.6 is 0 Å². The Morgan fingerprint density at radius 2 is 1.84 bits per heavy atom. The van der Waals surface area contributed by atoms with E-state index < -0.39 is 23.5 Å². The summed E-state index contributed by atoms with van der Waals surface area (Å²) in [5.41, 5.74) is -1.17. The van der Waals surface area contributed by atoms with Gasteiger partial charge in [-0.2, -0.15) is 0 Å². The second kappa shape index (κ2) is 5.82. The summed E-state index contributed by atoms with van der Waals surface area (Å²) in [5.74, 6) is -1.47. The normalized spacial score (nSPS) is 12.8. The quantitative estimate of drug-likeness (QED) is 0.658. The molecule has 0 saturated heterocycles. The fourth-order valence-electron chi connectivity index (χ4n) is 1.49. The van der Waals surface area contributed by atoms with Crippen LogP contribution in [-0.4, -0.2) is 28.6 Å². The highest BCUT2D eigenvalue weighted by molar-refractivity contribution is 6.03. The maximum absolute atomic E-state index is 13.2. The Labute approximate surface area is 111 Å². The monoisotopic (exact) mass is 268 g/mol. The number of ketones is 1. The Bertz CT molecular complexity index is 465. The van der Waals surface area contributed by atoms with Crippen LogP contribution in [0.4, 0.5) is 4.39 Å². The molecule has 5 heteroatoms. The Morgan fingerprint density at radius 3 is 2.32 bits per heavy atom. The van der Waals surface area contributed by atoms with Crippen LogP contribution in [0.25, 0.3) is 0 Å². The minimum Gasteiger partial charge on any atom is -0.508 e. The molecule has 104 valence electrons. The van der Waals surface area contributed by atoms with Crippen LogP contribution in [0.3, 0.4) is 0 Å². The van der Waals surface area contributed by atoms with Gasteiger partial charge in [0.1, 0.15) is 5.75 Å². The van der Waals surface area contributed by atoms with E-state index in [2.05, 4.69) is 0 Å². The molecule has 4 nitrogen and oxygen atoms in total. The summed E-state index contributed by atoms with van der Waals surface area (Å²) >= 11 is 0. The second-order valence-corrected chi connectivity index (χ2v) is 4.68. The Balaban J connectivity index is 2.84. The molecule has 1 atom stereocenters. The number of hydrogen-bond acceptors (Lipinski definition) is 4. The van der Waals surface area contributed by atoms with Crippen molar-refractivity contribution in [2.24, 2.45) is 0 Å². The van der Waals surface area contributed by atoms with Crippen molar-refractivity contribution in [2.45, 2.75) is 39.0 Å². The van der Waals surface area contributed by atoms with Crippen LogP contribution in [0.1, 0.15) is 37.6 Å². The number of phenolic OH excluding ortho intramolecular Hbond substituents is 1. The van der Waals surface area contributed by atoms with Crippen LogP contribution in [0.5, 0.6) is 5.75 Å². The van der Waals surface area contributed by atoms with E-state index in [1.165, 1.54) is 45.0 Å². The van der Waals surface area contributed by atoms with Crippen molar-refractivity contribution in [3.63, 3.8) is 0 Å². The molecular formula is C14H17FO4. The Kier molecular flexibility index (Phi) is 4.64. The van der Waals surface area contributed by atoms with E-state index in [1.807, 2.05) is 0 Å². The van der Waals surface area contributed by atoms with Crippen molar-refractivity contribution in [2.75, 3.05) is 0 Å². The number of rotatable bonds is 5. The van der Waals surface area contributed by atoms with Crippen molar-refractivity contribution in [1.82, 2.24) is 0 Å². The first kappa shape index (κ1) is 15.1. The number of hydrogen-bond donors (Lipinski definition) is 1. The molecule has 1 rings (SSSR count). The van der Waals surface area contributed by atoms with Gasteiger partial charge in [-0.1, -0.05) is 6.92 Å². The van der Waals surface area contributed by atoms with Crippen LogP contribution in [0.15, 0.2) is 24.3 Å². The lowest BCUT2D eigenvalue weighted by Gasteiger charge is -2.24. The number of ether oxygens (including phenoxy) is 1. The smallest absolute Gasteiger partial charge is 0.341 e. The number of benzene rings is 1. The van der Waals surface area contributed by atoms with Gasteiger partial charge in [-0.15, -0.1) is 0 Å². The highest BCUT2D eigenvalue weighted by Gasteiger charge is 2.34. The molecule has 1 aromatic rings. The van der Waals surface area contributed by atoms with Gasteiger partial charge in [-0.3, -0.25) is 4.79 Å². The van der Waals surface area contributed by atoms with Gasteiger partial charge < -0.3 is 9.84 Å². The van der Waals surface area contributed by atoms with E-state index in [1.54, 1.807) is 0 Å². The average molecular weight is 268 g/mol. The molecule has 0 heterocycles. The molecule has 0 aliphatic rings. The van der Waals surface area contributed by atoms with Gasteiger partial charge in [0.25, 0.3) is 0 Å². The number of Topliss-reactive ketones (excluding diaryl/α,β-unsaturated/α-hetero) is 1. The van der Waals surface area contributed by atoms with E-state index >= 15 is 0 Å². The molecule has 1 aromatic carbocycles. The third-order valence-electron chi connectivity index (χ3n) is 2.65. The number of halogens is 1. The number of esters is 1. The van der Waals surface area contributed by atoms with E-state index in [0.29, 0.717) is 0 Å². The topological polar surface area (TPSA) is 63.6 Å². The van der Waals surface area contributed by atoms with Gasteiger partial charge in [0, 0.05) is 5.56 Å². The minimum atomic E-state index is -1.73. The van der Waals surface area contributed by atoms with E-state index in [-0.39, 0.29) is 17.7 Å². The third-order valence-corrected chi connectivity index (χ3v) is 2.65. The van der Waals surface area contributed by atoms with Crippen LogP contribution < -0.4 is 0 Å². The Morgan fingerprint density at radius 1 is 1.32 bits per heavy atom. The van der Waals surface area contributed by atoms with Gasteiger partial charge >= 0.3 is 5.97 Å². The third kappa shape index (κ3) is 3.77. The van der Waals surface area contributed by atoms with E-state index in [4.69, 9.17) is 9.84 Å². The van der Waals surface area contributed by atoms with Crippen molar-refractivity contribution < 1.29 is 23.8 Å². The summed E-state index contributed by atoms with van der Waals surface area (Å²) in [6.07, 6.45) is -1.73. The molecule has 1 N–H and O–H groups in total. The molecule has 0 bridgehead atoms. The predicted octanol–water partition coefficient (Wildman–Crippen LogP) is 2.64. The van der Waals surface area contributed by atoms with Crippen molar-refractivity contribution in [1.29, 1.82) is 0 Å². The minimum absolute atomic E-state index is 0.00229. The standard InChI is InChI=1S/C14H17FO4/c1-4-11(15)13(18)19-14(2,3)12(17)9-5-7-10(16)8-6-9/h5-8,11,16H,4H2,1-3H3. The van der Waals surface area contributed by atoms with Gasteiger partial charge in [0.15, 0.2) is 11.8 Å². The number of carbonyl (C=O) groups excluding carboxylic acids is 2. The first-order valence-corrected chi connectivity index (χ1v) is 5.98. The van der Waals surface area contributed by atoms with Crippen LogP contribution in [0, 0.1) is 0 Å².